The van der Waals surface area contributed by atoms with E-state index in [9.17, 15) is 0 Å². The van der Waals surface area contributed by atoms with Crippen LogP contribution in [0.15, 0.2) is 24.1 Å². The molecule has 0 spiro atoms. The van der Waals surface area contributed by atoms with Crippen molar-refractivity contribution in [3.05, 3.63) is 34.8 Å². The Kier molecular flexibility index (Phi) is 4.24. The van der Waals surface area contributed by atoms with Crippen molar-refractivity contribution in [3.63, 3.8) is 0 Å². The minimum Gasteiger partial charge on any atom is -0.336 e. The molecule has 2 rings (SSSR count). The molecule has 0 aliphatic carbocycles. The van der Waals surface area contributed by atoms with Crippen molar-refractivity contribution < 1.29 is 0 Å². The highest BCUT2D eigenvalue weighted by atomic mass is 32.1. The Morgan fingerprint density at radius 3 is 3.12 bits per heavy atom. The third kappa shape index (κ3) is 3.36. The summed E-state index contributed by atoms with van der Waals surface area (Å²) in [4.78, 5) is 8.59. The van der Waals surface area contributed by atoms with E-state index in [2.05, 4.69) is 22.2 Å². The summed E-state index contributed by atoms with van der Waals surface area (Å²) < 4.78 is 2.01. The number of nitrogens with zero attached hydrogens (tertiary/aromatic N) is 3. The van der Waals surface area contributed by atoms with E-state index in [1.165, 1.54) is 0 Å². The summed E-state index contributed by atoms with van der Waals surface area (Å²) in [6.45, 7) is 4.31. The topological polar surface area (TPSA) is 68.8 Å². The molecule has 17 heavy (non-hydrogen) atoms. The van der Waals surface area contributed by atoms with Gasteiger partial charge in [-0.15, -0.1) is 11.3 Å². The van der Waals surface area contributed by atoms with Gasteiger partial charge in [-0.2, -0.15) is 0 Å². The molecular formula is C11H17N5S. The largest absolute Gasteiger partial charge is 0.336 e. The van der Waals surface area contributed by atoms with Crippen molar-refractivity contribution in [2.75, 3.05) is 6.54 Å². The van der Waals surface area contributed by atoms with Gasteiger partial charge in [0.15, 0.2) is 0 Å². The summed E-state index contributed by atoms with van der Waals surface area (Å²) in [7, 11) is 0. The molecule has 0 saturated carbocycles. The van der Waals surface area contributed by atoms with E-state index in [-0.39, 0.29) is 6.04 Å². The summed E-state index contributed by atoms with van der Waals surface area (Å²) in [5, 5.41) is 6.49. The van der Waals surface area contributed by atoms with Crippen molar-refractivity contribution in [1.29, 1.82) is 0 Å². The van der Waals surface area contributed by atoms with E-state index in [4.69, 9.17) is 5.73 Å². The Bertz CT molecular complexity index is 436. The molecule has 1 unspecified atom stereocenters. The highest BCUT2D eigenvalue weighted by Gasteiger charge is 2.07. The molecule has 5 nitrogen and oxygen atoms in total. The molecule has 2 aromatic rings. The molecule has 0 radical (unpaired) electrons. The van der Waals surface area contributed by atoms with Gasteiger partial charge >= 0.3 is 0 Å². The molecular weight excluding hydrogens is 234 g/mol. The van der Waals surface area contributed by atoms with Crippen LogP contribution in [0.5, 0.6) is 0 Å². The quantitative estimate of drug-likeness (QED) is 0.808. The maximum atomic E-state index is 5.49. The van der Waals surface area contributed by atoms with Crippen LogP contribution in [0.3, 0.4) is 0 Å². The number of nitrogens with one attached hydrogen (secondary N) is 1. The lowest BCUT2D eigenvalue weighted by Crippen LogP contribution is -2.18. The Morgan fingerprint density at radius 2 is 2.41 bits per heavy atom. The van der Waals surface area contributed by atoms with E-state index in [1.807, 2.05) is 28.7 Å². The Morgan fingerprint density at radius 1 is 1.53 bits per heavy atom. The Labute approximate surface area is 105 Å². The standard InChI is InChI=1S/C11H17N5S/c1-9(11-13-3-5-17-11)14-6-10-7-16(4-2-12)8-15-10/h3,5,7-9,14H,2,4,6,12H2,1H3. The van der Waals surface area contributed by atoms with Gasteiger partial charge in [0.05, 0.1) is 18.1 Å². The second-order valence-electron chi connectivity index (χ2n) is 3.86. The first-order valence-electron chi connectivity index (χ1n) is 5.63. The van der Waals surface area contributed by atoms with Gasteiger partial charge in [-0.1, -0.05) is 0 Å². The summed E-state index contributed by atoms with van der Waals surface area (Å²) in [5.41, 5.74) is 6.51. The van der Waals surface area contributed by atoms with Gasteiger partial charge in [-0.25, -0.2) is 9.97 Å². The molecule has 0 saturated heterocycles. The smallest absolute Gasteiger partial charge is 0.109 e. The third-order valence-electron chi connectivity index (χ3n) is 2.49. The number of imidazole rings is 1. The van der Waals surface area contributed by atoms with Crippen LogP contribution >= 0.6 is 11.3 Å². The zero-order valence-corrected chi connectivity index (χ0v) is 10.7. The van der Waals surface area contributed by atoms with Gasteiger partial charge in [0, 0.05) is 37.4 Å². The van der Waals surface area contributed by atoms with Gasteiger partial charge in [-0.3, -0.25) is 0 Å². The summed E-state index contributed by atoms with van der Waals surface area (Å²) in [6, 6.07) is 0.259. The maximum absolute atomic E-state index is 5.49. The number of nitrogens with two attached hydrogens (primary N) is 1. The van der Waals surface area contributed by atoms with Crippen LogP contribution in [0.25, 0.3) is 0 Å². The molecule has 92 valence electrons. The number of rotatable bonds is 6. The van der Waals surface area contributed by atoms with E-state index in [0.717, 1.165) is 23.8 Å². The average molecular weight is 251 g/mol. The van der Waals surface area contributed by atoms with Gasteiger partial charge in [-0.05, 0) is 6.92 Å². The molecule has 0 aliphatic rings. The van der Waals surface area contributed by atoms with Crippen LogP contribution in [0, 0.1) is 0 Å². The number of hydrogen-bond donors (Lipinski definition) is 2. The molecule has 0 aromatic carbocycles. The predicted octanol–water partition coefficient (Wildman–Crippen LogP) is 1.15. The molecule has 0 fully saturated rings. The van der Waals surface area contributed by atoms with Gasteiger partial charge in [0.1, 0.15) is 5.01 Å². The summed E-state index contributed by atoms with van der Waals surface area (Å²) in [5.74, 6) is 0. The first-order valence-corrected chi connectivity index (χ1v) is 6.51. The van der Waals surface area contributed by atoms with Crippen molar-refractivity contribution in [2.45, 2.75) is 26.1 Å². The molecule has 1 atom stereocenters. The van der Waals surface area contributed by atoms with Crippen LogP contribution in [0.1, 0.15) is 23.7 Å². The van der Waals surface area contributed by atoms with Crippen molar-refractivity contribution in [3.8, 4) is 0 Å². The lowest BCUT2D eigenvalue weighted by molar-refractivity contribution is 0.565. The third-order valence-corrected chi connectivity index (χ3v) is 3.44. The van der Waals surface area contributed by atoms with Gasteiger partial charge in [0.25, 0.3) is 0 Å². The summed E-state index contributed by atoms with van der Waals surface area (Å²) in [6.07, 6.45) is 5.67. The van der Waals surface area contributed by atoms with Gasteiger partial charge < -0.3 is 15.6 Å². The molecule has 0 bridgehead atoms. The van der Waals surface area contributed by atoms with Crippen LogP contribution < -0.4 is 11.1 Å². The van der Waals surface area contributed by atoms with Crippen molar-refractivity contribution in [2.24, 2.45) is 5.73 Å². The first kappa shape index (κ1) is 12.2. The lowest BCUT2D eigenvalue weighted by atomic mass is 10.3. The lowest BCUT2D eigenvalue weighted by Gasteiger charge is -2.09. The van der Waals surface area contributed by atoms with E-state index >= 15 is 0 Å². The summed E-state index contributed by atoms with van der Waals surface area (Å²) >= 11 is 1.66. The minimum atomic E-state index is 0.259. The van der Waals surface area contributed by atoms with E-state index in [1.54, 1.807) is 11.3 Å². The fourth-order valence-electron chi connectivity index (χ4n) is 1.56. The fourth-order valence-corrected chi connectivity index (χ4v) is 2.23. The number of thiazole rings is 1. The highest BCUT2D eigenvalue weighted by molar-refractivity contribution is 7.09. The monoisotopic (exact) mass is 251 g/mol. The molecule has 0 amide bonds. The minimum absolute atomic E-state index is 0.259. The predicted molar refractivity (Wildman–Crippen MR) is 68.7 cm³/mol. The van der Waals surface area contributed by atoms with Crippen LogP contribution in [-0.4, -0.2) is 21.1 Å². The second kappa shape index (κ2) is 5.90. The zero-order chi connectivity index (χ0) is 12.1. The first-order chi connectivity index (χ1) is 8.29. The van der Waals surface area contributed by atoms with Crippen LogP contribution in [0.2, 0.25) is 0 Å². The molecule has 2 aromatic heterocycles. The molecule has 6 heteroatoms. The van der Waals surface area contributed by atoms with Crippen LogP contribution in [-0.2, 0) is 13.1 Å². The highest BCUT2D eigenvalue weighted by Crippen LogP contribution is 2.14. The molecule has 0 aliphatic heterocycles. The average Bonchev–Trinajstić information content (AvgIpc) is 2.97. The Hall–Kier alpha value is -1.24. The molecule has 2 heterocycles. The number of hydrogen-bond acceptors (Lipinski definition) is 5. The maximum Gasteiger partial charge on any atom is 0.109 e. The fraction of sp³-hybridized carbons (Fsp3) is 0.455. The Balaban J connectivity index is 1.84. The zero-order valence-electron chi connectivity index (χ0n) is 9.84. The molecule has 3 N–H and O–H groups in total. The van der Waals surface area contributed by atoms with E-state index < -0.39 is 0 Å². The van der Waals surface area contributed by atoms with Gasteiger partial charge in [0.2, 0.25) is 0 Å². The van der Waals surface area contributed by atoms with Crippen molar-refractivity contribution >= 4 is 11.3 Å². The van der Waals surface area contributed by atoms with E-state index in [0.29, 0.717) is 6.54 Å². The van der Waals surface area contributed by atoms with Crippen molar-refractivity contribution in [1.82, 2.24) is 19.9 Å². The second-order valence-corrected chi connectivity index (χ2v) is 4.79. The number of aromatic nitrogens is 3. The van der Waals surface area contributed by atoms with Crippen LogP contribution in [0.4, 0.5) is 0 Å². The normalized spacial score (nSPS) is 12.8. The SMILES string of the molecule is CC(NCc1cn(CCN)cn1)c1nccs1.